The highest BCUT2D eigenvalue weighted by Crippen LogP contribution is 2.31. The molecule has 0 spiro atoms. The molecule has 2 N–H and O–H groups in total. The summed E-state index contributed by atoms with van der Waals surface area (Å²) < 4.78 is 11.6. The van der Waals surface area contributed by atoms with E-state index in [1.54, 1.807) is 4.90 Å². The molecule has 2 amide bonds. The van der Waals surface area contributed by atoms with Crippen LogP contribution in [0, 0.1) is 5.92 Å². The van der Waals surface area contributed by atoms with E-state index in [-0.39, 0.29) is 43.3 Å². The van der Waals surface area contributed by atoms with Crippen molar-refractivity contribution in [2.45, 2.75) is 64.3 Å². The molecule has 0 aromatic heterocycles. The van der Waals surface area contributed by atoms with Gasteiger partial charge in [-0.15, -0.1) is 0 Å². The third-order valence-corrected chi connectivity index (χ3v) is 8.62. The molecule has 1 saturated carbocycles. The Morgan fingerprint density at radius 3 is 2.64 bits per heavy atom. The molecule has 1 aliphatic heterocycles. The van der Waals surface area contributed by atoms with Crippen molar-refractivity contribution in [1.29, 1.82) is 0 Å². The first kappa shape index (κ1) is 35.5. The Kier molecular flexibility index (Phi) is 14.2. The third kappa shape index (κ3) is 11.5. The van der Waals surface area contributed by atoms with Crippen molar-refractivity contribution in [2.24, 2.45) is 16.1 Å². The van der Waals surface area contributed by atoms with E-state index in [0.29, 0.717) is 31.5 Å². The first-order chi connectivity index (χ1) is 22.9. The van der Waals surface area contributed by atoms with Crippen molar-refractivity contribution >= 4 is 17.5 Å². The fourth-order valence-electron chi connectivity index (χ4n) is 6.14. The zero-order valence-electron chi connectivity index (χ0n) is 27.4. The Morgan fingerprint density at radius 2 is 1.87 bits per heavy atom. The van der Waals surface area contributed by atoms with E-state index in [2.05, 4.69) is 48.6 Å². The van der Waals surface area contributed by atoms with Crippen LogP contribution in [0.2, 0.25) is 0 Å². The molecule has 2 aromatic carbocycles. The summed E-state index contributed by atoms with van der Waals surface area (Å²) in [5, 5.41) is 13.5. The van der Waals surface area contributed by atoms with E-state index in [1.807, 2.05) is 43.4 Å². The molecule has 2 aromatic rings. The Labute approximate surface area is 276 Å². The molecule has 14 heteroatoms. The number of carbonyl (C=O) groups is 2. The Bertz CT molecular complexity index is 1430. The summed E-state index contributed by atoms with van der Waals surface area (Å²) in [5.74, 6) is 0.584. The molecule has 2 fully saturated rings. The minimum atomic E-state index is -0.113. The van der Waals surface area contributed by atoms with Gasteiger partial charge < -0.3 is 25.0 Å². The standard InChI is InChI=1S/C33H46N10O4/c1-24-22-43(15-12-36-24)23-27-6-9-29(20-28(27)21-39-41-35)42(2)33(45)26-7-10-30(11-8-26)47-31-5-3-4-25(18-31)19-32(44)37-13-16-46-17-14-38-40-34/h3-6,9,18,20,24,26,30,36H,7-8,10-17,19,21-23H2,1-2H3,(H,37,44)/t24-,26-,30-/m0/s1. The fraction of sp³-hybridized carbons (Fsp3) is 0.576. The van der Waals surface area contributed by atoms with E-state index in [9.17, 15) is 9.59 Å². The van der Waals surface area contributed by atoms with Crippen molar-refractivity contribution < 1.29 is 19.1 Å². The number of hydrogen-bond acceptors (Lipinski definition) is 8. The predicted octanol–water partition coefficient (Wildman–Crippen LogP) is 4.88. The number of azide groups is 2. The second-order valence-electron chi connectivity index (χ2n) is 12.2. The van der Waals surface area contributed by atoms with Crippen molar-refractivity contribution in [3.63, 3.8) is 0 Å². The van der Waals surface area contributed by atoms with Gasteiger partial charge in [-0.25, -0.2) is 0 Å². The molecule has 252 valence electrons. The molecule has 1 atom stereocenters. The van der Waals surface area contributed by atoms with Crippen molar-refractivity contribution in [2.75, 3.05) is 57.9 Å². The van der Waals surface area contributed by atoms with Gasteiger partial charge in [0, 0.05) is 73.8 Å². The van der Waals surface area contributed by atoms with Crippen LogP contribution in [0.4, 0.5) is 5.69 Å². The van der Waals surface area contributed by atoms with Crippen LogP contribution in [0.1, 0.15) is 49.3 Å². The largest absolute Gasteiger partial charge is 0.490 e. The molecule has 0 radical (unpaired) electrons. The van der Waals surface area contributed by atoms with E-state index in [4.69, 9.17) is 20.5 Å². The Balaban J connectivity index is 1.25. The third-order valence-electron chi connectivity index (χ3n) is 8.62. The van der Waals surface area contributed by atoms with Gasteiger partial charge in [0.1, 0.15) is 5.75 Å². The summed E-state index contributed by atoms with van der Waals surface area (Å²) >= 11 is 0. The molecule has 0 bridgehead atoms. The van der Waals surface area contributed by atoms with Gasteiger partial charge in [0.15, 0.2) is 0 Å². The zero-order chi connectivity index (χ0) is 33.4. The lowest BCUT2D eigenvalue weighted by atomic mass is 9.86. The SMILES string of the molecule is C[C@H]1CN(Cc2ccc(N(C)C(=O)[C@H]3CC[C@H](Oc4cccc(CC(=O)NCCOCCN=[N+]=[N-])c4)CC3)cc2CN=[N+]=[N-])CCN1. The lowest BCUT2D eigenvalue weighted by Gasteiger charge is -2.33. The van der Waals surface area contributed by atoms with Gasteiger partial charge in [-0.3, -0.25) is 14.5 Å². The van der Waals surface area contributed by atoms with E-state index in [0.717, 1.165) is 74.2 Å². The molecule has 1 saturated heterocycles. The molecule has 0 unspecified atom stereocenters. The van der Waals surface area contributed by atoms with Gasteiger partial charge in [-0.05, 0) is 84.6 Å². The molecular formula is C33H46N10O4. The molecular weight excluding hydrogens is 600 g/mol. The van der Waals surface area contributed by atoms with Crippen molar-refractivity contribution in [3.8, 4) is 5.75 Å². The maximum Gasteiger partial charge on any atom is 0.229 e. The van der Waals surface area contributed by atoms with Crippen LogP contribution in [0.5, 0.6) is 5.75 Å². The smallest absolute Gasteiger partial charge is 0.229 e. The van der Waals surface area contributed by atoms with Crippen LogP contribution < -0.4 is 20.3 Å². The summed E-state index contributed by atoms with van der Waals surface area (Å²) in [7, 11) is 1.82. The maximum absolute atomic E-state index is 13.6. The number of anilines is 1. The van der Waals surface area contributed by atoms with E-state index in [1.165, 1.54) is 0 Å². The van der Waals surface area contributed by atoms with E-state index >= 15 is 0 Å². The van der Waals surface area contributed by atoms with Crippen LogP contribution in [-0.4, -0.2) is 81.8 Å². The number of ether oxygens (including phenoxy) is 2. The number of amides is 2. The van der Waals surface area contributed by atoms with Crippen molar-refractivity contribution in [1.82, 2.24) is 15.5 Å². The summed E-state index contributed by atoms with van der Waals surface area (Å²) in [6, 6.07) is 14.0. The van der Waals surface area contributed by atoms with E-state index < -0.39 is 0 Å². The first-order valence-electron chi connectivity index (χ1n) is 16.3. The lowest BCUT2D eigenvalue weighted by molar-refractivity contribution is -0.123. The topological polar surface area (TPSA) is 181 Å². The summed E-state index contributed by atoms with van der Waals surface area (Å²) in [6.07, 6.45) is 3.21. The number of carbonyl (C=O) groups excluding carboxylic acids is 2. The number of benzene rings is 2. The molecule has 47 heavy (non-hydrogen) atoms. The minimum Gasteiger partial charge on any atom is -0.490 e. The zero-order valence-corrected chi connectivity index (χ0v) is 27.4. The fourth-order valence-corrected chi connectivity index (χ4v) is 6.14. The van der Waals surface area contributed by atoms with Gasteiger partial charge in [0.05, 0.1) is 32.3 Å². The highest BCUT2D eigenvalue weighted by molar-refractivity contribution is 5.94. The first-order valence-corrected chi connectivity index (χ1v) is 16.3. The van der Waals surface area contributed by atoms with Crippen LogP contribution in [0.3, 0.4) is 0 Å². The van der Waals surface area contributed by atoms with Gasteiger partial charge >= 0.3 is 0 Å². The second kappa shape index (κ2) is 18.7. The maximum atomic E-state index is 13.6. The summed E-state index contributed by atoms with van der Waals surface area (Å²) in [4.78, 5) is 35.7. The molecule has 2 aliphatic rings. The average Bonchev–Trinajstić information content (AvgIpc) is 3.07. The monoisotopic (exact) mass is 646 g/mol. The molecule has 1 aliphatic carbocycles. The normalized spacial score (nSPS) is 19.6. The molecule has 1 heterocycles. The molecule has 4 rings (SSSR count). The number of nitrogens with zero attached hydrogens (tertiary/aromatic N) is 8. The number of rotatable bonds is 16. The second-order valence-corrected chi connectivity index (χ2v) is 12.2. The quantitative estimate of drug-likeness (QED) is 0.113. The van der Waals surface area contributed by atoms with Gasteiger partial charge in [0.25, 0.3) is 0 Å². The van der Waals surface area contributed by atoms with Gasteiger partial charge in [0.2, 0.25) is 11.8 Å². The van der Waals surface area contributed by atoms with Crippen LogP contribution in [0.25, 0.3) is 20.9 Å². The molecule has 14 nitrogen and oxygen atoms in total. The average molecular weight is 647 g/mol. The van der Waals surface area contributed by atoms with Crippen LogP contribution in [-0.2, 0) is 33.8 Å². The summed E-state index contributed by atoms with van der Waals surface area (Å²) in [6.45, 7) is 7.36. The highest BCUT2D eigenvalue weighted by Gasteiger charge is 2.30. The van der Waals surface area contributed by atoms with Crippen LogP contribution >= 0.6 is 0 Å². The minimum absolute atomic E-state index is 0.00150. The number of piperazine rings is 1. The Morgan fingerprint density at radius 1 is 1.06 bits per heavy atom. The highest BCUT2D eigenvalue weighted by atomic mass is 16.5. The van der Waals surface area contributed by atoms with Gasteiger partial charge in [-0.1, -0.05) is 28.4 Å². The lowest BCUT2D eigenvalue weighted by Crippen LogP contribution is -2.48. The van der Waals surface area contributed by atoms with Crippen molar-refractivity contribution in [3.05, 3.63) is 80.0 Å². The van der Waals surface area contributed by atoms with Gasteiger partial charge in [-0.2, -0.15) is 0 Å². The summed E-state index contributed by atoms with van der Waals surface area (Å²) in [5.41, 5.74) is 20.9. The predicted molar refractivity (Wildman–Crippen MR) is 180 cm³/mol. The number of nitrogens with one attached hydrogen (secondary N) is 2. The Hall–Kier alpha value is -4.32. The van der Waals surface area contributed by atoms with Crippen LogP contribution in [0.15, 0.2) is 52.7 Å². The number of hydrogen-bond donors (Lipinski definition) is 2.